The molecule has 2 saturated heterocycles. The van der Waals surface area contributed by atoms with E-state index in [9.17, 15) is 55.9 Å². The van der Waals surface area contributed by atoms with Crippen molar-refractivity contribution in [1.29, 1.82) is 0 Å². The van der Waals surface area contributed by atoms with Gasteiger partial charge in [0, 0.05) is 17.7 Å². The SMILES string of the molecule is O=c1c(O)c(-c2ccc(O)c(O)c2)oc2cc(O[C@@H]3O[C@H](CO)[C@@H](O)[C@H](O[C@@H]4OC[C@H](O)[C@H](O)[C@H]4O)[C@H]3O)cc(O)c12. The minimum absolute atomic E-state index is 0.00293. The summed E-state index contributed by atoms with van der Waals surface area (Å²) in [5, 5.41) is 101. The van der Waals surface area contributed by atoms with E-state index in [4.69, 9.17) is 23.4 Å². The van der Waals surface area contributed by atoms with E-state index in [0.717, 1.165) is 24.3 Å². The van der Waals surface area contributed by atoms with Crippen LogP contribution < -0.4 is 10.2 Å². The van der Waals surface area contributed by atoms with Crippen LogP contribution in [-0.4, -0.2) is 120 Å². The van der Waals surface area contributed by atoms with E-state index < -0.39 is 108 Å². The fourth-order valence-electron chi connectivity index (χ4n) is 4.69. The summed E-state index contributed by atoms with van der Waals surface area (Å²) >= 11 is 0. The minimum Gasteiger partial charge on any atom is -0.507 e. The van der Waals surface area contributed by atoms with Crippen LogP contribution in [0.15, 0.2) is 39.5 Å². The molecule has 0 amide bonds. The second-order valence-electron chi connectivity index (χ2n) is 9.80. The first-order valence-corrected chi connectivity index (χ1v) is 12.6. The van der Waals surface area contributed by atoms with Gasteiger partial charge in [0.2, 0.25) is 17.5 Å². The van der Waals surface area contributed by atoms with Crippen molar-refractivity contribution in [2.75, 3.05) is 13.2 Å². The number of hydrogen-bond donors (Lipinski definition) is 10. The molecule has 0 bridgehead atoms. The van der Waals surface area contributed by atoms with Crippen LogP contribution in [-0.2, 0) is 14.2 Å². The molecule has 0 saturated carbocycles. The highest BCUT2D eigenvalue weighted by atomic mass is 16.7. The summed E-state index contributed by atoms with van der Waals surface area (Å²) in [5.41, 5.74) is -1.34. The van der Waals surface area contributed by atoms with E-state index in [2.05, 4.69) is 0 Å². The van der Waals surface area contributed by atoms with Gasteiger partial charge in [-0.05, 0) is 18.2 Å². The Hall–Kier alpha value is -3.71. The van der Waals surface area contributed by atoms with Gasteiger partial charge in [0.1, 0.15) is 65.2 Å². The van der Waals surface area contributed by atoms with Gasteiger partial charge in [0.15, 0.2) is 23.5 Å². The predicted molar refractivity (Wildman–Crippen MR) is 136 cm³/mol. The van der Waals surface area contributed by atoms with E-state index in [1.807, 2.05) is 0 Å². The molecule has 16 nitrogen and oxygen atoms in total. The Morgan fingerprint density at radius 3 is 2.26 bits per heavy atom. The number of aromatic hydroxyl groups is 4. The van der Waals surface area contributed by atoms with E-state index >= 15 is 0 Å². The minimum atomic E-state index is -1.83. The maximum atomic E-state index is 12.8. The largest absolute Gasteiger partial charge is 0.507 e. The normalized spacial score (nSPS) is 31.7. The molecule has 0 radical (unpaired) electrons. The van der Waals surface area contributed by atoms with Crippen molar-refractivity contribution in [1.82, 2.24) is 0 Å². The number of benzene rings is 2. The topological polar surface area (TPSA) is 269 Å². The molecular formula is C26H28O16. The first kappa shape index (κ1) is 29.8. The van der Waals surface area contributed by atoms with Gasteiger partial charge in [-0.2, -0.15) is 0 Å². The number of phenolic OH excluding ortho intramolecular Hbond substituents is 3. The molecule has 9 atom stereocenters. The second kappa shape index (κ2) is 11.5. The molecule has 1 aromatic heterocycles. The van der Waals surface area contributed by atoms with Gasteiger partial charge in [0.25, 0.3) is 0 Å². The van der Waals surface area contributed by atoms with Gasteiger partial charge in [-0.25, -0.2) is 0 Å². The first-order valence-electron chi connectivity index (χ1n) is 12.6. The molecule has 42 heavy (non-hydrogen) atoms. The lowest BCUT2D eigenvalue weighted by atomic mass is 9.98. The highest BCUT2D eigenvalue weighted by Crippen LogP contribution is 2.39. The highest BCUT2D eigenvalue weighted by Gasteiger charge is 2.49. The van der Waals surface area contributed by atoms with E-state index in [-0.39, 0.29) is 16.9 Å². The molecule has 2 aromatic carbocycles. The van der Waals surface area contributed by atoms with Crippen molar-refractivity contribution in [3.63, 3.8) is 0 Å². The highest BCUT2D eigenvalue weighted by molar-refractivity contribution is 5.88. The maximum absolute atomic E-state index is 12.8. The van der Waals surface area contributed by atoms with Gasteiger partial charge in [-0.3, -0.25) is 4.79 Å². The Labute approximate surface area is 235 Å². The average molecular weight is 596 g/mol. The zero-order valence-electron chi connectivity index (χ0n) is 21.4. The van der Waals surface area contributed by atoms with Crippen molar-refractivity contribution < 1.29 is 74.4 Å². The standard InChI is InChI=1S/C26H28O16/c27-6-15-18(33)24(42-25-21(36)17(32)13(31)7-38-25)22(37)26(41-15)39-9-4-12(30)16-14(5-9)40-23(20(35)19(16)34)8-1-2-10(28)11(29)3-8/h1-5,13,15,17-18,21-22,24-33,35-37H,6-7H2/t13-,15+,17-,18+,21+,22+,24-,25-,26+/m0/s1. The Balaban J connectivity index is 1.45. The van der Waals surface area contributed by atoms with Gasteiger partial charge in [-0.1, -0.05) is 0 Å². The average Bonchev–Trinajstić information content (AvgIpc) is 2.95. The maximum Gasteiger partial charge on any atom is 0.238 e. The second-order valence-corrected chi connectivity index (χ2v) is 9.80. The molecule has 2 aliphatic rings. The lowest BCUT2D eigenvalue weighted by molar-refractivity contribution is -0.339. The third-order valence-electron chi connectivity index (χ3n) is 6.98. The van der Waals surface area contributed by atoms with Crippen LogP contribution in [0.25, 0.3) is 22.3 Å². The molecular weight excluding hydrogens is 568 g/mol. The van der Waals surface area contributed by atoms with Gasteiger partial charge >= 0.3 is 0 Å². The molecule has 228 valence electrons. The number of fused-ring (bicyclic) bond motifs is 1. The lowest BCUT2D eigenvalue weighted by Crippen LogP contribution is -2.63. The van der Waals surface area contributed by atoms with E-state index in [0.29, 0.717) is 0 Å². The molecule has 0 spiro atoms. The molecule has 0 unspecified atom stereocenters. The quantitative estimate of drug-likeness (QED) is 0.137. The molecule has 3 aromatic rings. The smallest absolute Gasteiger partial charge is 0.238 e. The lowest BCUT2D eigenvalue weighted by Gasteiger charge is -2.44. The first-order chi connectivity index (χ1) is 19.9. The predicted octanol–water partition coefficient (Wildman–Crippen LogP) is -2.08. The summed E-state index contributed by atoms with van der Waals surface area (Å²) < 4.78 is 27.4. The molecule has 2 aliphatic heterocycles. The number of ether oxygens (including phenoxy) is 4. The Morgan fingerprint density at radius 2 is 1.57 bits per heavy atom. The van der Waals surface area contributed by atoms with Gasteiger partial charge in [-0.15, -0.1) is 0 Å². The molecule has 0 aliphatic carbocycles. The summed E-state index contributed by atoms with van der Waals surface area (Å²) in [6, 6.07) is 5.42. The zero-order valence-corrected chi connectivity index (χ0v) is 21.4. The number of aliphatic hydroxyl groups is 6. The van der Waals surface area contributed by atoms with Crippen molar-refractivity contribution in [2.45, 2.75) is 55.3 Å². The van der Waals surface area contributed by atoms with E-state index in [1.165, 1.54) is 6.07 Å². The number of aliphatic hydroxyl groups excluding tert-OH is 6. The van der Waals surface area contributed by atoms with Crippen molar-refractivity contribution in [3.05, 3.63) is 40.6 Å². The van der Waals surface area contributed by atoms with Gasteiger partial charge in [0.05, 0.1) is 13.2 Å². The monoisotopic (exact) mass is 596 g/mol. The number of rotatable bonds is 6. The van der Waals surface area contributed by atoms with Crippen molar-refractivity contribution in [3.8, 4) is 40.1 Å². The Morgan fingerprint density at radius 1 is 0.833 bits per heavy atom. The van der Waals surface area contributed by atoms with Crippen LogP contribution in [0.5, 0.6) is 28.7 Å². The molecule has 2 fully saturated rings. The van der Waals surface area contributed by atoms with Crippen LogP contribution in [0.2, 0.25) is 0 Å². The summed E-state index contributed by atoms with van der Waals surface area (Å²) in [4.78, 5) is 12.8. The zero-order chi connectivity index (χ0) is 30.5. The summed E-state index contributed by atoms with van der Waals surface area (Å²) in [6.07, 6.45) is -14.6. The van der Waals surface area contributed by atoms with Crippen LogP contribution >= 0.6 is 0 Å². The fraction of sp³-hybridized carbons (Fsp3) is 0.423. The molecule has 3 heterocycles. The number of hydrogen-bond acceptors (Lipinski definition) is 16. The number of phenols is 3. The Kier molecular flexibility index (Phi) is 8.17. The van der Waals surface area contributed by atoms with E-state index in [1.54, 1.807) is 0 Å². The molecule has 5 rings (SSSR count). The van der Waals surface area contributed by atoms with Crippen LogP contribution in [0, 0.1) is 0 Å². The van der Waals surface area contributed by atoms with Crippen molar-refractivity contribution >= 4 is 11.0 Å². The van der Waals surface area contributed by atoms with Crippen molar-refractivity contribution in [2.24, 2.45) is 0 Å². The molecule has 10 N–H and O–H groups in total. The summed E-state index contributed by atoms with van der Waals surface area (Å²) in [6.45, 7) is -1.20. The third-order valence-corrected chi connectivity index (χ3v) is 6.98. The van der Waals surface area contributed by atoms with Gasteiger partial charge < -0.3 is 74.4 Å². The third kappa shape index (κ3) is 5.31. The fourth-order valence-corrected chi connectivity index (χ4v) is 4.69. The van der Waals surface area contributed by atoms with Crippen LogP contribution in [0.1, 0.15) is 0 Å². The summed E-state index contributed by atoms with van der Waals surface area (Å²) in [5.74, 6) is -3.29. The molecule has 16 heteroatoms. The summed E-state index contributed by atoms with van der Waals surface area (Å²) in [7, 11) is 0. The van der Waals surface area contributed by atoms with Crippen LogP contribution in [0.3, 0.4) is 0 Å². The Bertz CT molecular complexity index is 1510. The van der Waals surface area contributed by atoms with Crippen LogP contribution in [0.4, 0.5) is 0 Å².